The zero-order chi connectivity index (χ0) is 11.3. The van der Waals surface area contributed by atoms with Crippen molar-refractivity contribution < 1.29 is 4.79 Å². The SMILES string of the molecule is CNCCN(C)C(=O)C(C)c1ccsc1. The van der Waals surface area contributed by atoms with E-state index in [1.807, 2.05) is 37.8 Å². The molecule has 1 heterocycles. The summed E-state index contributed by atoms with van der Waals surface area (Å²) in [4.78, 5) is 13.7. The zero-order valence-electron chi connectivity index (χ0n) is 9.49. The van der Waals surface area contributed by atoms with E-state index in [9.17, 15) is 4.79 Å². The van der Waals surface area contributed by atoms with Crippen LogP contribution >= 0.6 is 11.3 Å². The van der Waals surface area contributed by atoms with Crippen molar-refractivity contribution in [1.82, 2.24) is 10.2 Å². The van der Waals surface area contributed by atoms with E-state index in [-0.39, 0.29) is 11.8 Å². The molecule has 0 saturated carbocycles. The van der Waals surface area contributed by atoms with Crippen molar-refractivity contribution in [2.75, 3.05) is 27.2 Å². The van der Waals surface area contributed by atoms with Gasteiger partial charge in [0.2, 0.25) is 5.91 Å². The van der Waals surface area contributed by atoms with E-state index in [1.54, 1.807) is 16.2 Å². The standard InChI is InChI=1S/C11H18N2OS/c1-9(10-4-7-15-8-10)11(14)13(3)6-5-12-2/h4,7-9,12H,5-6H2,1-3H3. The molecule has 3 nitrogen and oxygen atoms in total. The molecular formula is C11H18N2OS. The quantitative estimate of drug-likeness (QED) is 0.826. The fraction of sp³-hybridized carbons (Fsp3) is 0.545. The van der Waals surface area contributed by atoms with Gasteiger partial charge in [-0.05, 0) is 36.4 Å². The highest BCUT2D eigenvalue weighted by Gasteiger charge is 2.18. The number of carbonyl (C=O) groups is 1. The molecule has 0 aliphatic rings. The molecule has 1 amide bonds. The summed E-state index contributed by atoms with van der Waals surface area (Å²) in [5, 5.41) is 7.08. The van der Waals surface area contributed by atoms with Gasteiger partial charge in [-0.1, -0.05) is 0 Å². The van der Waals surface area contributed by atoms with E-state index < -0.39 is 0 Å². The van der Waals surface area contributed by atoms with Gasteiger partial charge in [0.05, 0.1) is 5.92 Å². The van der Waals surface area contributed by atoms with Crippen LogP contribution in [0.1, 0.15) is 18.4 Å². The first kappa shape index (κ1) is 12.2. The van der Waals surface area contributed by atoms with Gasteiger partial charge in [-0.25, -0.2) is 0 Å². The van der Waals surface area contributed by atoms with Gasteiger partial charge >= 0.3 is 0 Å². The van der Waals surface area contributed by atoms with Gasteiger partial charge in [0.25, 0.3) is 0 Å². The van der Waals surface area contributed by atoms with E-state index in [2.05, 4.69) is 5.32 Å². The molecular weight excluding hydrogens is 208 g/mol. The van der Waals surface area contributed by atoms with Gasteiger partial charge in [-0.3, -0.25) is 4.79 Å². The molecule has 4 heteroatoms. The molecule has 1 aromatic heterocycles. The molecule has 15 heavy (non-hydrogen) atoms. The minimum atomic E-state index is -0.0295. The normalized spacial score (nSPS) is 12.5. The number of likely N-dealkylation sites (N-methyl/N-ethyl adjacent to an activating group) is 2. The molecule has 0 aliphatic heterocycles. The second kappa shape index (κ2) is 5.88. The number of hydrogen-bond donors (Lipinski definition) is 1. The topological polar surface area (TPSA) is 32.3 Å². The maximum atomic E-state index is 12.0. The third-order valence-electron chi connectivity index (χ3n) is 2.49. The van der Waals surface area contributed by atoms with Gasteiger partial charge in [-0.2, -0.15) is 11.3 Å². The molecule has 1 rings (SSSR count). The van der Waals surface area contributed by atoms with E-state index in [4.69, 9.17) is 0 Å². The number of rotatable bonds is 5. The predicted molar refractivity (Wildman–Crippen MR) is 64.3 cm³/mol. The summed E-state index contributed by atoms with van der Waals surface area (Å²) < 4.78 is 0. The van der Waals surface area contributed by atoms with Crippen LogP contribution in [-0.4, -0.2) is 38.0 Å². The first-order valence-electron chi connectivity index (χ1n) is 5.08. The fourth-order valence-corrected chi connectivity index (χ4v) is 2.14. The summed E-state index contributed by atoms with van der Waals surface area (Å²) >= 11 is 1.63. The van der Waals surface area contributed by atoms with Gasteiger partial charge in [0, 0.05) is 20.1 Å². The second-order valence-electron chi connectivity index (χ2n) is 3.64. The highest BCUT2D eigenvalue weighted by atomic mass is 32.1. The molecule has 1 aromatic rings. The lowest BCUT2D eigenvalue weighted by Crippen LogP contribution is -2.35. The summed E-state index contributed by atoms with van der Waals surface area (Å²) in [5.74, 6) is 0.154. The lowest BCUT2D eigenvalue weighted by atomic mass is 10.0. The molecule has 1 N–H and O–H groups in total. The minimum Gasteiger partial charge on any atom is -0.344 e. The molecule has 0 radical (unpaired) electrons. The number of amides is 1. The lowest BCUT2D eigenvalue weighted by Gasteiger charge is -2.20. The summed E-state index contributed by atoms with van der Waals surface area (Å²) in [6, 6.07) is 2.01. The van der Waals surface area contributed by atoms with Crippen LogP contribution in [0, 0.1) is 0 Å². The number of thiophene rings is 1. The maximum absolute atomic E-state index is 12.0. The fourth-order valence-electron chi connectivity index (χ4n) is 1.38. The van der Waals surface area contributed by atoms with Gasteiger partial charge in [0.15, 0.2) is 0 Å². The molecule has 1 unspecified atom stereocenters. The molecule has 0 fully saturated rings. The van der Waals surface area contributed by atoms with Crippen LogP contribution in [0.3, 0.4) is 0 Å². The predicted octanol–water partition coefficient (Wildman–Crippen LogP) is 1.53. The summed E-state index contributed by atoms with van der Waals surface area (Å²) in [6.45, 7) is 3.54. The Kier molecular flexibility index (Phi) is 4.78. The van der Waals surface area contributed by atoms with Crippen molar-refractivity contribution in [2.45, 2.75) is 12.8 Å². The Morgan fingerprint density at radius 2 is 2.40 bits per heavy atom. The van der Waals surface area contributed by atoms with Gasteiger partial charge < -0.3 is 10.2 Å². The number of nitrogens with one attached hydrogen (secondary N) is 1. The average molecular weight is 226 g/mol. The molecule has 0 aromatic carbocycles. The Morgan fingerprint density at radius 3 is 2.93 bits per heavy atom. The second-order valence-corrected chi connectivity index (χ2v) is 4.42. The van der Waals surface area contributed by atoms with Crippen molar-refractivity contribution in [3.63, 3.8) is 0 Å². The van der Waals surface area contributed by atoms with Crippen LogP contribution in [0.25, 0.3) is 0 Å². The Hall–Kier alpha value is -0.870. The van der Waals surface area contributed by atoms with Crippen LogP contribution < -0.4 is 5.32 Å². The molecule has 1 atom stereocenters. The van der Waals surface area contributed by atoms with E-state index >= 15 is 0 Å². The molecule has 84 valence electrons. The van der Waals surface area contributed by atoms with Crippen molar-refractivity contribution in [3.8, 4) is 0 Å². The van der Waals surface area contributed by atoms with Crippen LogP contribution in [0.15, 0.2) is 16.8 Å². The highest BCUT2D eigenvalue weighted by molar-refractivity contribution is 7.08. The van der Waals surface area contributed by atoms with E-state index in [0.29, 0.717) is 0 Å². The molecule has 0 aliphatic carbocycles. The van der Waals surface area contributed by atoms with Gasteiger partial charge in [0.1, 0.15) is 0 Å². The zero-order valence-corrected chi connectivity index (χ0v) is 10.3. The van der Waals surface area contributed by atoms with Crippen LogP contribution in [0.5, 0.6) is 0 Å². The number of carbonyl (C=O) groups excluding carboxylic acids is 1. The molecule has 0 bridgehead atoms. The smallest absolute Gasteiger partial charge is 0.229 e. The Bertz CT molecular complexity index is 298. The summed E-state index contributed by atoms with van der Waals surface area (Å²) in [5.41, 5.74) is 1.11. The van der Waals surface area contributed by atoms with Crippen molar-refractivity contribution >= 4 is 17.2 Å². The first-order valence-corrected chi connectivity index (χ1v) is 6.02. The van der Waals surface area contributed by atoms with Crippen molar-refractivity contribution in [3.05, 3.63) is 22.4 Å². The number of hydrogen-bond acceptors (Lipinski definition) is 3. The minimum absolute atomic E-state index is 0.0295. The molecule has 0 saturated heterocycles. The third kappa shape index (κ3) is 3.32. The number of nitrogens with zero attached hydrogens (tertiary/aromatic N) is 1. The third-order valence-corrected chi connectivity index (χ3v) is 3.19. The summed E-state index contributed by atoms with van der Waals surface area (Å²) in [7, 11) is 3.74. The highest BCUT2D eigenvalue weighted by Crippen LogP contribution is 2.19. The van der Waals surface area contributed by atoms with Crippen LogP contribution in [-0.2, 0) is 4.79 Å². The maximum Gasteiger partial charge on any atom is 0.229 e. The van der Waals surface area contributed by atoms with Crippen molar-refractivity contribution in [1.29, 1.82) is 0 Å². The monoisotopic (exact) mass is 226 g/mol. The van der Waals surface area contributed by atoms with Crippen LogP contribution in [0.4, 0.5) is 0 Å². The summed E-state index contributed by atoms with van der Waals surface area (Å²) in [6.07, 6.45) is 0. The Labute approximate surface area is 95.1 Å². The first-order chi connectivity index (χ1) is 7.16. The largest absolute Gasteiger partial charge is 0.344 e. The van der Waals surface area contributed by atoms with Crippen LogP contribution in [0.2, 0.25) is 0 Å². The van der Waals surface area contributed by atoms with Gasteiger partial charge in [-0.15, -0.1) is 0 Å². The van der Waals surface area contributed by atoms with Crippen molar-refractivity contribution in [2.24, 2.45) is 0 Å². The molecule has 0 spiro atoms. The van der Waals surface area contributed by atoms with E-state index in [1.165, 1.54) is 0 Å². The van der Waals surface area contributed by atoms with E-state index in [0.717, 1.165) is 18.7 Å². The lowest BCUT2D eigenvalue weighted by molar-refractivity contribution is -0.131. The Balaban J connectivity index is 2.52. The average Bonchev–Trinajstić information content (AvgIpc) is 2.77. The Morgan fingerprint density at radius 1 is 1.67 bits per heavy atom.